The summed E-state index contributed by atoms with van der Waals surface area (Å²) in [6, 6.07) is 6.78. The minimum Gasteiger partial charge on any atom is -0.419 e. The quantitative estimate of drug-likeness (QED) is 0.462. The average molecular weight is 176 g/mol. The van der Waals surface area contributed by atoms with Crippen LogP contribution in [0.5, 0.6) is 0 Å². The molecule has 0 radical (unpaired) electrons. The maximum absolute atomic E-state index is 11.0. The molecule has 1 heterocycles. The number of hydrogen-bond acceptors (Lipinski definition) is 4. The smallest absolute Gasteiger partial charge is 0.359 e. The van der Waals surface area contributed by atoms with E-state index in [2.05, 4.69) is 0 Å². The first kappa shape index (κ1) is 7.67. The molecular formula is C9H8N2O2. The topological polar surface area (TPSA) is 82.2 Å². The zero-order chi connectivity index (χ0) is 9.42. The van der Waals surface area contributed by atoms with E-state index in [1.165, 1.54) is 0 Å². The van der Waals surface area contributed by atoms with Gasteiger partial charge in [-0.1, -0.05) is 12.1 Å². The number of anilines is 2. The Morgan fingerprint density at radius 1 is 1.15 bits per heavy atom. The van der Waals surface area contributed by atoms with Crippen molar-refractivity contribution in [2.75, 3.05) is 11.5 Å². The highest BCUT2D eigenvalue weighted by atomic mass is 16.4. The summed E-state index contributed by atoms with van der Waals surface area (Å²) >= 11 is 0. The van der Waals surface area contributed by atoms with Crippen molar-refractivity contribution >= 4 is 22.3 Å². The van der Waals surface area contributed by atoms with Crippen molar-refractivity contribution in [3.8, 4) is 0 Å². The molecular weight excluding hydrogens is 168 g/mol. The lowest BCUT2D eigenvalue weighted by Gasteiger charge is -1.99. The Hall–Kier alpha value is -1.97. The average Bonchev–Trinajstić information content (AvgIpc) is 2.09. The molecule has 0 bridgehead atoms. The fourth-order valence-corrected chi connectivity index (χ4v) is 1.18. The van der Waals surface area contributed by atoms with E-state index in [9.17, 15) is 4.79 Å². The minimum absolute atomic E-state index is 0.0955. The van der Waals surface area contributed by atoms with Gasteiger partial charge in [0, 0.05) is 5.39 Å². The maximum atomic E-state index is 11.0. The third kappa shape index (κ3) is 1.12. The molecule has 1 aromatic carbocycles. The lowest BCUT2D eigenvalue weighted by atomic mass is 10.2. The van der Waals surface area contributed by atoms with Crippen LogP contribution in [0.4, 0.5) is 11.4 Å². The van der Waals surface area contributed by atoms with Crippen molar-refractivity contribution in [1.29, 1.82) is 0 Å². The molecule has 0 saturated heterocycles. The Kier molecular flexibility index (Phi) is 1.48. The Labute approximate surface area is 73.8 Å². The van der Waals surface area contributed by atoms with Gasteiger partial charge in [-0.2, -0.15) is 0 Å². The van der Waals surface area contributed by atoms with Gasteiger partial charge in [0.15, 0.2) is 5.58 Å². The highest BCUT2D eigenvalue weighted by Crippen LogP contribution is 2.19. The molecule has 0 aliphatic carbocycles. The molecule has 4 N–H and O–H groups in total. The molecule has 0 unspecified atom stereocenters. The summed E-state index contributed by atoms with van der Waals surface area (Å²) in [6.45, 7) is 0. The highest BCUT2D eigenvalue weighted by molar-refractivity contribution is 5.88. The summed E-state index contributed by atoms with van der Waals surface area (Å²) < 4.78 is 4.92. The lowest BCUT2D eigenvalue weighted by molar-refractivity contribution is 0.565. The van der Waals surface area contributed by atoms with Crippen LogP contribution in [0.1, 0.15) is 0 Å². The zero-order valence-electron chi connectivity index (χ0n) is 6.78. The summed E-state index contributed by atoms with van der Waals surface area (Å²) in [5, 5.41) is 0.733. The monoisotopic (exact) mass is 176 g/mol. The number of fused-ring (bicyclic) bond motifs is 1. The molecule has 0 spiro atoms. The second-order valence-electron chi connectivity index (χ2n) is 2.75. The van der Waals surface area contributed by atoms with Crippen molar-refractivity contribution < 1.29 is 4.42 Å². The molecule has 4 nitrogen and oxygen atoms in total. The van der Waals surface area contributed by atoms with Crippen LogP contribution >= 0.6 is 0 Å². The first-order valence-electron chi connectivity index (χ1n) is 3.76. The number of para-hydroxylation sites is 1. The van der Waals surface area contributed by atoms with Gasteiger partial charge in [0.05, 0.1) is 5.69 Å². The molecule has 0 aliphatic rings. The fourth-order valence-electron chi connectivity index (χ4n) is 1.18. The molecule has 4 heteroatoms. The van der Waals surface area contributed by atoms with E-state index in [1.54, 1.807) is 24.3 Å². The molecule has 2 rings (SSSR count). The van der Waals surface area contributed by atoms with Crippen molar-refractivity contribution in [3.05, 3.63) is 34.7 Å². The second-order valence-corrected chi connectivity index (χ2v) is 2.75. The Morgan fingerprint density at radius 3 is 2.69 bits per heavy atom. The van der Waals surface area contributed by atoms with Crippen molar-refractivity contribution in [3.63, 3.8) is 0 Å². The van der Waals surface area contributed by atoms with E-state index in [-0.39, 0.29) is 5.69 Å². The van der Waals surface area contributed by atoms with E-state index in [0.29, 0.717) is 11.3 Å². The fraction of sp³-hybridized carbons (Fsp3) is 0. The third-order valence-corrected chi connectivity index (χ3v) is 1.82. The Bertz CT molecular complexity index is 516. The molecule has 0 aliphatic heterocycles. The van der Waals surface area contributed by atoms with E-state index < -0.39 is 5.63 Å². The van der Waals surface area contributed by atoms with E-state index >= 15 is 0 Å². The zero-order valence-corrected chi connectivity index (χ0v) is 6.78. The molecule has 1 aromatic heterocycles. The normalized spacial score (nSPS) is 10.5. The van der Waals surface area contributed by atoms with Gasteiger partial charge in [0.1, 0.15) is 5.69 Å². The van der Waals surface area contributed by atoms with E-state index in [4.69, 9.17) is 15.9 Å². The van der Waals surface area contributed by atoms with Gasteiger partial charge in [0.2, 0.25) is 0 Å². The van der Waals surface area contributed by atoms with Crippen molar-refractivity contribution in [1.82, 2.24) is 0 Å². The first-order valence-corrected chi connectivity index (χ1v) is 3.76. The molecule has 0 saturated carbocycles. The van der Waals surface area contributed by atoms with Gasteiger partial charge in [-0.3, -0.25) is 0 Å². The number of nitrogens with two attached hydrogens (primary N) is 2. The van der Waals surface area contributed by atoms with Crippen LogP contribution in [-0.2, 0) is 0 Å². The van der Waals surface area contributed by atoms with Crippen LogP contribution in [0.15, 0.2) is 33.5 Å². The summed E-state index contributed by atoms with van der Waals surface area (Å²) in [5.41, 5.74) is 11.4. The van der Waals surface area contributed by atoms with Gasteiger partial charge < -0.3 is 15.9 Å². The standard InChI is InChI=1S/C9H8N2O2/c10-6-3-1-2-5-4-7(11)9(12)13-8(5)6/h1-4H,10-11H2. The van der Waals surface area contributed by atoms with Gasteiger partial charge in [-0.15, -0.1) is 0 Å². The first-order chi connectivity index (χ1) is 6.18. The molecule has 66 valence electrons. The highest BCUT2D eigenvalue weighted by Gasteiger charge is 2.03. The summed E-state index contributed by atoms with van der Waals surface area (Å²) in [7, 11) is 0. The van der Waals surface area contributed by atoms with Crippen molar-refractivity contribution in [2.24, 2.45) is 0 Å². The van der Waals surface area contributed by atoms with Gasteiger partial charge >= 0.3 is 5.63 Å². The van der Waals surface area contributed by atoms with Crippen LogP contribution < -0.4 is 17.1 Å². The minimum atomic E-state index is -0.551. The Balaban J connectivity index is 2.97. The molecule has 0 fully saturated rings. The summed E-state index contributed by atoms with van der Waals surface area (Å²) in [4.78, 5) is 11.0. The molecule has 0 amide bonds. The van der Waals surface area contributed by atoms with E-state index in [1.807, 2.05) is 0 Å². The Morgan fingerprint density at radius 2 is 1.92 bits per heavy atom. The van der Waals surface area contributed by atoms with Crippen LogP contribution in [0.2, 0.25) is 0 Å². The van der Waals surface area contributed by atoms with E-state index in [0.717, 1.165) is 5.39 Å². The van der Waals surface area contributed by atoms with Crippen LogP contribution in [0.25, 0.3) is 11.0 Å². The lowest BCUT2D eigenvalue weighted by Crippen LogP contribution is -2.06. The van der Waals surface area contributed by atoms with Gasteiger partial charge in [-0.05, 0) is 12.1 Å². The molecule has 0 atom stereocenters. The molecule has 2 aromatic rings. The van der Waals surface area contributed by atoms with Crippen LogP contribution in [0.3, 0.4) is 0 Å². The number of hydrogen-bond donors (Lipinski definition) is 2. The number of benzene rings is 1. The number of rotatable bonds is 0. The predicted octanol–water partition coefficient (Wildman–Crippen LogP) is 0.957. The van der Waals surface area contributed by atoms with Crippen molar-refractivity contribution in [2.45, 2.75) is 0 Å². The SMILES string of the molecule is Nc1cc2cccc(N)c2oc1=O. The summed E-state index contributed by atoms with van der Waals surface area (Å²) in [5.74, 6) is 0. The second kappa shape index (κ2) is 2.52. The van der Waals surface area contributed by atoms with Crippen LogP contribution in [-0.4, -0.2) is 0 Å². The third-order valence-electron chi connectivity index (χ3n) is 1.82. The molecule has 13 heavy (non-hydrogen) atoms. The maximum Gasteiger partial charge on any atom is 0.359 e. The van der Waals surface area contributed by atoms with Gasteiger partial charge in [0.25, 0.3) is 0 Å². The summed E-state index contributed by atoms with van der Waals surface area (Å²) in [6.07, 6.45) is 0. The largest absolute Gasteiger partial charge is 0.419 e. The predicted molar refractivity (Wildman–Crippen MR) is 51.3 cm³/mol. The number of nitrogen functional groups attached to an aromatic ring is 2. The van der Waals surface area contributed by atoms with Crippen LogP contribution in [0, 0.1) is 0 Å². The van der Waals surface area contributed by atoms with Gasteiger partial charge in [-0.25, -0.2) is 4.79 Å².